The van der Waals surface area contributed by atoms with Gasteiger partial charge in [-0.15, -0.1) is 22.7 Å². The number of anilines is 1. The molecule has 1 aliphatic carbocycles. The Morgan fingerprint density at radius 3 is 2.60 bits per heavy atom. The molecule has 0 spiro atoms. The first kappa shape index (κ1) is 21.5. The second kappa shape index (κ2) is 8.77. The summed E-state index contributed by atoms with van der Waals surface area (Å²) in [7, 11) is 0. The first-order valence-electron chi connectivity index (χ1n) is 10.1. The molecule has 0 saturated heterocycles. The molecule has 0 fully saturated rings. The Balaban J connectivity index is 1.70. The molecule has 4 rings (SSSR count). The number of benzene rings is 1. The summed E-state index contributed by atoms with van der Waals surface area (Å²) >= 11 is 6.81. The fourth-order valence-corrected chi connectivity index (χ4v) is 6.44. The van der Waals surface area contributed by atoms with E-state index in [0.29, 0.717) is 5.92 Å². The van der Waals surface area contributed by atoms with Gasteiger partial charge in [0.15, 0.2) is 0 Å². The zero-order chi connectivity index (χ0) is 21.3. The summed E-state index contributed by atoms with van der Waals surface area (Å²) in [5.74, 6) is 0.561. The maximum Gasteiger partial charge on any atom is 0.259 e. The van der Waals surface area contributed by atoms with Crippen LogP contribution >= 0.6 is 38.6 Å². The summed E-state index contributed by atoms with van der Waals surface area (Å²) in [5, 5.41) is 3.88. The molecule has 2 heterocycles. The van der Waals surface area contributed by atoms with Gasteiger partial charge in [0.2, 0.25) is 0 Å². The lowest BCUT2D eigenvalue weighted by Gasteiger charge is -2.33. The van der Waals surface area contributed by atoms with E-state index in [1.807, 2.05) is 48.7 Å². The lowest BCUT2D eigenvalue weighted by Crippen LogP contribution is -2.27. The van der Waals surface area contributed by atoms with Crippen LogP contribution < -0.4 is 5.32 Å². The molecule has 1 atom stereocenters. The van der Waals surface area contributed by atoms with E-state index in [2.05, 4.69) is 42.0 Å². The van der Waals surface area contributed by atoms with Gasteiger partial charge in [0, 0.05) is 21.7 Å². The molecule has 0 aliphatic heterocycles. The molecule has 0 bridgehead atoms. The number of thiophene rings is 2. The highest BCUT2D eigenvalue weighted by molar-refractivity contribution is 9.11. The number of aliphatic imine (C=N–C) groups is 1. The van der Waals surface area contributed by atoms with Crippen LogP contribution in [0.3, 0.4) is 0 Å². The number of para-hydroxylation sites is 1. The summed E-state index contributed by atoms with van der Waals surface area (Å²) < 4.78 is 1.07. The van der Waals surface area contributed by atoms with Gasteiger partial charge in [0.05, 0.1) is 9.35 Å². The molecule has 30 heavy (non-hydrogen) atoms. The third-order valence-electron chi connectivity index (χ3n) is 5.63. The van der Waals surface area contributed by atoms with Gasteiger partial charge in [-0.3, -0.25) is 4.79 Å². The van der Waals surface area contributed by atoms with Crippen molar-refractivity contribution in [3.63, 3.8) is 0 Å². The second-order valence-electron chi connectivity index (χ2n) is 8.71. The predicted molar refractivity (Wildman–Crippen MR) is 133 cm³/mol. The average Bonchev–Trinajstić information content (AvgIpc) is 3.28. The highest BCUT2D eigenvalue weighted by Crippen LogP contribution is 2.45. The van der Waals surface area contributed by atoms with Gasteiger partial charge in [0.1, 0.15) is 5.00 Å². The van der Waals surface area contributed by atoms with Crippen molar-refractivity contribution in [1.29, 1.82) is 0 Å². The molecule has 0 radical (unpaired) electrons. The molecule has 1 amide bonds. The Labute approximate surface area is 194 Å². The number of halogens is 1. The molecule has 3 aromatic rings. The highest BCUT2D eigenvalue weighted by atomic mass is 79.9. The first-order valence-corrected chi connectivity index (χ1v) is 12.5. The SMILES string of the molecule is CC(C)(C)[C@@H]1CCc2c(sc(N=Cc3ccc(Br)s3)c2C(=O)Nc2ccccc2)C1. The molecule has 1 N–H and O–H groups in total. The Kier molecular flexibility index (Phi) is 6.28. The maximum atomic E-state index is 13.3. The molecule has 1 aliphatic rings. The van der Waals surface area contributed by atoms with E-state index in [4.69, 9.17) is 4.99 Å². The van der Waals surface area contributed by atoms with Gasteiger partial charge in [-0.25, -0.2) is 4.99 Å². The topological polar surface area (TPSA) is 41.5 Å². The quantitative estimate of drug-likeness (QED) is 0.365. The van der Waals surface area contributed by atoms with Crippen molar-refractivity contribution in [2.75, 3.05) is 5.32 Å². The summed E-state index contributed by atoms with van der Waals surface area (Å²) in [4.78, 5) is 20.4. The molecule has 156 valence electrons. The minimum absolute atomic E-state index is 0.0626. The lowest BCUT2D eigenvalue weighted by molar-refractivity contribution is 0.102. The van der Waals surface area contributed by atoms with Crippen molar-refractivity contribution in [2.24, 2.45) is 16.3 Å². The van der Waals surface area contributed by atoms with E-state index in [9.17, 15) is 4.79 Å². The van der Waals surface area contributed by atoms with Crippen LogP contribution in [0.25, 0.3) is 0 Å². The Hall–Kier alpha value is -1.76. The lowest BCUT2D eigenvalue weighted by atomic mass is 9.72. The molecule has 0 saturated carbocycles. The summed E-state index contributed by atoms with van der Waals surface area (Å²) in [6.45, 7) is 6.94. The summed E-state index contributed by atoms with van der Waals surface area (Å²) in [6, 6.07) is 13.7. The molecule has 1 aromatic carbocycles. The Morgan fingerprint density at radius 1 is 1.17 bits per heavy atom. The predicted octanol–water partition coefficient (Wildman–Crippen LogP) is 7.73. The molecule has 6 heteroatoms. The number of hydrogen-bond donors (Lipinski definition) is 1. The molecular weight excluding hydrogens is 476 g/mol. The van der Waals surface area contributed by atoms with Crippen LogP contribution in [0, 0.1) is 11.3 Å². The van der Waals surface area contributed by atoms with E-state index < -0.39 is 0 Å². The highest BCUT2D eigenvalue weighted by Gasteiger charge is 2.33. The number of carbonyl (C=O) groups is 1. The maximum absolute atomic E-state index is 13.3. The third kappa shape index (κ3) is 4.76. The monoisotopic (exact) mass is 500 g/mol. The van der Waals surface area contributed by atoms with Crippen LogP contribution in [0.2, 0.25) is 0 Å². The van der Waals surface area contributed by atoms with Gasteiger partial charge in [-0.1, -0.05) is 39.0 Å². The van der Waals surface area contributed by atoms with E-state index in [1.54, 1.807) is 22.7 Å². The zero-order valence-electron chi connectivity index (χ0n) is 17.4. The third-order valence-corrected chi connectivity index (χ3v) is 8.35. The van der Waals surface area contributed by atoms with Crippen molar-refractivity contribution in [1.82, 2.24) is 0 Å². The van der Waals surface area contributed by atoms with E-state index in [-0.39, 0.29) is 11.3 Å². The number of rotatable bonds is 4. The van der Waals surface area contributed by atoms with Crippen molar-refractivity contribution < 1.29 is 4.79 Å². The Morgan fingerprint density at radius 2 is 1.93 bits per heavy atom. The minimum atomic E-state index is -0.0626. The zero-order valence-corrected chi connectivity index (χ0v) is 20.6. The second-order valence-corrected chi connectivity index (χ2v) is 12.3. The van der Waals surface area contributed by atoms with Crippen LogP contribution in [-0.4, -0.2) is 12.1 Å². The van der Waals surface area contributed by atoms with Crippen molar-refractivity contribution >= 4 is 61.4 Å². The largest absolute Gasteiger partial charge is 0.322 e. The van der Waals surface area contributed by atoms with Crippen molar-refractivity contribution in [3.05, 3.63) is 67.1 Å². The van der Waals surface area contributed by atoms with Crippen LogP contribution in [0.5, 0.6) is 0 Å². The average molecular weight is 502 g/mol. The van der Waals surface area contributed by atoms with Crippen LogP contribution in [0.15, 0.2) is 51.2 Å². The van der Waals surface area contributed by atoms with E-state index in [0.717, 1.165) is 44.2 Å². The number of nitrogens with zero attached hydrogens (tertiary/aromatic N) is 1. The number of amides is 1. The van der Waals surface area contributed by atoms with Crippen LogP contribution in [-0.2, 0) is 12.8 Å². The fraction of sp³-hybridized carbons (Fsp3) is 0.333. The van der Waals surface area contributed by atoms with Crippen molar-refractivity contribution in [3.8, 4) is 0 Å². The van der Waals surface area contributed by atoms with E-state index >= 15 is 0 Å². The molecule has 3 nitrogen and oxygen atoms in total. The molecule has 0 unspecified atom stereocenters. The van der Waals surface area contributed by atoms with Gasteiger partial charge in [-0.2, -0.15) is 0 Å². The van der Waals surface area contributed by atoms with E-state index in [1.165, 1.54) is 10.4 Å². The van der Waals surface area contributed by atoms with Crippen molar-refractivity contribution in [2.45, 2.75) is 40.0 Å². The van der Waals surface area contributed by atoms with Gasteiger partial charge in [0.25, 0.3) is 5.91 Å². The number of nitrogens with one attached hydrogen (secondary N) is 1. The van der Waals surface area contributed by atoms with Crippen LogP contribution in [0.4, 0.5) is 10.7 Å². The fourth-order valence-electron chi connectivity index (χ4n) is 3.87. The standard InChI is InChI=1S/C24H25BrN2OS2/c1-24(2,3)15-9-11-18-19(13-15)30-23(26-14-17-10-12-20(25)29-17)21(18)22(28)27-16-7-5-4-6-8-16/h4-8,10,12,14-15H,9,11,13H2,1-3H3,(H,27,28)/t15-/m1/s1. The molecule has 2 aromatic heterocycles. The normalized spacial score (nSPS) is 16.6. The van der Waals surface area contributed by atoms with Gasteiger partial charge < -0.3 is 5.32 Å². The Bertz CT molecular complexity index is 1080. The van der Waals surface area contributed by atoms with Crippen LogP contribution in [0.1, 0.15) is 52.9 Å². The number of fused-ring (bicyclic) bond motifs is 1. The summed E-state index contributed by atoms with van der Waals surface area (Å²) in [5.41, 5.74) is 3.01. The minimum Gasteiger partial charge on any atom is -0.322 e. The summed E-state index contributed by atoms with van der Waals surface area (Å²) in [6.07, 6.45) is 4.94. The first-order chi connectivity index (χ1) is 14.3. The number of hydrogen-bond acceptors (Lipinski definition) is 4. The number of carbonyl (C=O) groups excluding carboxylic acids is 1. The smallest absolute Gasteiger partial charge is 0.259 e. The van der Waals surface area contributed by atoms with Gasteiger partial charge in [-0.05, 0) is 76.4 Å². The molecular formula is C24H25BrN2OS2. The van der Waals surface area contributed by atoms with Gasteiger partial charge >= 0.3 is 0 Å².